The van der Waals surface area contributed by atoms with Crippen LogP contribution in [0.1, 0.15) is 17.4 Å². The van der Waals surface area contributed by atoms with E-state index in [1.165, 1.54) is 0 Å². The van der Waals surface area contributed by atoms with Crippen molar-refractivity contribution in [2.24, 2.45) is 0 Å². The fourth-order valence-electron chi connectivity index (χ4n) is 1.85. The molecule has 0 amide bonds. The maximum Gasteiger partial charge on any atom is 0.192 e. The van der Waals surface area contributed by atoms with E-state index in [0.29, 0.717) is 5.56 Å². The largest absolute Gasteiger partial charge is 0.458 e. The molecule has 1 saturated heterocycles. The molecular weight excluding hydrogens is 230 g/mol. The molecule has 3 rings (SSSR count). The lowest BCUT2D eigenvalue weighted by Gasteiger charge is -1.96. The smallest absolute Gasteiger partial charge is 0.192 e. The van der Waals surface area contributed by atoms with E-state index in [0.717, 1.165) is 17.1 Å². The van der Waals surface area contributed by atoms with Crippen molar-refractivity contribution in [2.75, 3.05) is 7.11 Å². The number of hydrogen-bond donors (Lipinski definition) is 0. The summed E-state index contributed by atoms with van der Waals surface area (Å²) in [5.41, 5.74) is 1.57. The van der Waals surface area contributed by atoms with Crippen LogP contribution in [0, 0.1) is 11.3 Å². The quantitative estimate of drug-likeness (QED) is 0.775. The maximum atomic E-state index is 8.74. The standard InChI is InChI=1S/C14H11NO3/c1-16-14-13(18-14)12-7-6-11(17-12)10-4-2-9(8-15)3-5-10/h2-7,13-14H,1H3. The number of ether oxygens (including phenoxy) is 2. The van der Waals surface area contributed by atoms with E-state index in [2.05, 4.69) is 6.07 Å². The van der Waals surface area contributed by atoms with Crippen LogP contribution in [-0.2, 0) is 9.47 Å². The highest BCUT2D eigenvalue weighted by Gasteiger charge is 2.43. The van der Waals surface area contributed by atoms with Crippen LogP contribution in [0.25, 0.3) is 11.3 Å². The van der Waals surface area contributed by atoms with E-state index in [4.69, 9.17) is 19.2 Å². The molecule has 1 aromatic carbocycles. The summed E-state index contributed by atoms with van der Waals surface area (Å²) in [5.74, 6) is 1.53. The normalized spacial score (nSPS) is 21.6. The summed E-state index contributed by atoms with van der Waals surface area (Å²) in [5, 5.41) is 8.74. The Balaban J connectivity index is 1.82. The van der Waals surface area contributed by atoms with Gasteiger partial charge in [0, 0.05) is 12.7 Å². The molecule has 0 radical (unpaired) electrons. The highest BCUT2D eigenvalue weighted by atomic mass is 16.8. The summed E-state index contributed by atoms with van der Waals surface area (Å²) in [6.45, 7) is 0. The number of nitriles is 1. The highest BCUT2D eigenvalue weighted by Crippen LogP contribution is 2.40. The third-order valence-electron chi connectivity index (χ3n) is 2.89. The molecular formula is C14H11NO3. The monoisotopic (exact) mass is 241 g/mol. The van der Waals surface area contributed by atoms with Gasteiger partial charge in [0.15, 0.2) is 12.4 Å². The zero-order valence-electron chi connectivity index (χ0n) is 9.79. The predicted molar refractivity (Wildman–Crippen MR) is 63.5 cm³/mol. The zero-order chi connectivity index (χ0) is 12.5. The van der Waals surface area contributed by atoms with E-state index in [-0.39, 0.29) is 12.4 Å². The second kappa shape index (κ2) is 4.30. The second-order valence-electron chi connectivity index (χ2n) is 4.05. The minimum absolute atomic E-state index is 0.0952. The summed E-state index contributed by atoms with van der Waals surface area (Å²) in [6, 6.07) is 13.1. The lowest BCUT2D eigenvalue weighted by molar-refractivity contribution is 0.0950. The van der Waals surface area contributed by atoms with Gasteiger partial charge in [-0.2, -0.15) is 5.26 Å². The Labute approximate surface area is 104 Å². The lowest BCUT2D eigenvalue weighted by atomic mass is 10.1. The van der Waals surface area contributed by atoms with Crippen LogP contribution in [0.15, 0.2) is 40.8 Å². The molecule has 0 N–H and O–H groups in total. The summed E-state index contributed by atoms with van der Waals surface area (Å²) < 4.78 is 16.0. The highest BCUT2D eigenvalue weighted by molar-refractivity contribution is 5.59. The number of nitrogens with zero attached hydrogens (tertiary/aromatic N) is 1. The van der Waals surface area contributed by atoms with Crippen molar-refractivity contribution in [3.63, 3.8) is 0 Å². The molecule has 2 unspecified atom stereocenters. The van der Waals surface area contributed by atoms with Crippen LogP contribution < -0.4 is 0 Å². The van der Waals surface area contributed by atoms with Gasteiger partial charge in [-0.3, -0.25) is 0 Å². The summed E-state index contributed by atoms with van der Waals surface area (Å²) in [6.07, 6.45) is -0.285. The van der Waals surface area contributed by atoms with Crippen molar-refractivity contribution in [1.29, 1.82) is 5.26 Å². The Morgan fingerprint density at radius 2 is 1.94 bits per heavy atom. The van der Waals surface area contributed by atoms with Gasteiger partial charge in [0.1, 0.15) is 11.5 Å². The van der Waals surface area contributed by atoms with Gasteiger partial charge in [0.25, 0.3) is 0 Å². The first kappa shape index (κ1) is 11.0. The fourth-order valence-corrected chi connectivity index (χ4v) is 1.85. The molecule has 0 bridgehead atoms. The number of epoxide rings is 1. The van der Waals surface area contributed by atoms with Gasteiger partial charge < -0.3 is 13.9 Å². The fraction of sp³-hybridized carbons (Fsp3) is 0.214. The average molecular weight is 241 g/mol. The van der Waals surface area contributed by atoms with E-state index >= 15 is 0 Å². The van der Waals surface area contributed by atoms with Gasteiger partial charge in [-0.25, -0.2) is 0 Å². The second-order valence-corrected chi connectivity index (χ2v) is 4.05. The Morgan fingerprint density at radius 1 is 1.17 bits per heavy atom. The Bertz CT molecular complexity index is 594. The van der Waals surface area contributed by atoms with Crippen LogP contribution in [0.5, 0.6) is 0 Å². The molecule has 4 nitrogen and oxygen atoms in total. The number of rotatable bonds is 3. The van der Waals surface area contributed by atoms with Gasteiger partial charge in [-0.05, 0) is 36.4 Å². The topological polar surface area (TPSA) is 58.7 Å². The maximum absolute atomic E-state index is 8.74. The van der Waals surface area contributed by atoms with Crippen molar-refractivity contribution in [2.45, 2.75) is 12.4 Å². The molecule has 1 aliphatic heterocycles. The summed E-state index contributed by atoms with van der Waals surface area (Å²) in [7, 11) is 1.61. The first-order valence-corrected chi connectivity index (χ1v) is 5.60. The average Bonchev–Trinajstić information content (AvgIpc) is 3.06. The van der Waals surface area contributed by atoms with Crippen LogP contribution in [0.2, 0.25) is 0 Å². The van der Waals surface area contributed by atoms with Crippen LogP contribution >= 0.6 is 0 Å². The lowest BCUT2D eigenvalue weighted by Crippen LogP contribution is -1.88. The third kappa shape index (κ3) is 1.90. The minimum atomic E-state index is -0.190. The van der Waals surface area contributed by atoms with E-state index in [1.54, 1.807) is 19.2 Å². The number of methoxy groups -OCH3 is 1. The molecule has 2 heterocycles. The van der Waals surface area contributed by atoms with Crippen molar-refractivity contribution >= 4 is 0 Å². The van der Waals surface area contributed by atoms with E-state index in [9.17, 15) is 0 Å². The van der Waals surface area contributed by atoms with Crippen molar-refractivity contribution in [1.82, 2.24) is 0 Å². The summed E-state index contributed by atoms with van der Waals surface area (Å²) in [4.78, 5) is 0. The van der Waals surface area contributed by atoms with Crippen LogP contribution in [0.4, 0.5) is 0 Å². The predicted octanol–water partition coefficient (Wildman–Crippen LogP) is 2.86. The van der Waals surface area contributed by atoms with Crippen LogP contribution in [-0.4, -0.2) is 13.4 Å². The molecule has 2 aromatic rings. The Morgan fingerprint density at radius 3 is 2.56 bits per heavy atom. The van der Waals surface area contributed by atoms with Gasteiger partial charge >= 0.3 is 0 Å². The number of hydrogen-bond acceptors (Lipinski definition) is 4. The van der Waals surface area contributed by atoms with Crippen molar-refractivity contribution in [3.05, 3.63) is 47.7 Å². The molecule has 2 atom stereocenters. The first-order valence-electron chi connectivity index (χ1n) is 5.60. The molecule has 4 heteroatoms. The SMILES string of the molecule is COC1OC1c1ccc(-c2ccc(C#N)cc2)o1. The number of furan rings is 1. The van der Waals surface area contributed by atoms with Crippen molar-refractivity contribution < 1.29 is 13.9 Å². The van der Waals surface area contributed by atoms with Gasteiger partial charge in [-0.15, -0.1) is 0 Å². The Hall–Kier alpha value is -2.09. The minimum Gasteiger partial charge on any atom is -0.458 e. The molecule has 0 aliphatic carbocycles. The van der Waals surface area contributed by atoms with Gasteiger partial charge in [0.05, 0.1) is 11.6 Å². The molecule has 0 spiro atoms. The van der Waals surface area contributed by atoms with Gasteiger partial charge in [0.2, 0.25) is 0 Å². The summed E-state index contributed by atoms with van der Waals surface area (Å²) >= 11 is 0. The zero-order valence-corrected chi connectivity index (χ0v) is 9.79. The van der Waals surface area contributed by atoms with Crippen molar-refractivity contribution in [3.8, 4) is 17.4 Å². The van der Waals surface area contributed by atoms with E-state index < -0.39 is 0 Å². The molecule has 1 aromatic heterocycles. The third-order valence-corrected chi connectivity index (χ3v) is 2.89. The molecule has 90 valence electrons. The number of benzene rings is 1. The molecule has 18 heavy (non-hydrogen) atoms. The first-order chi connectivity index (χ1) is 8.81. The molecule has 1 fully saturated rings. The van der Waals surface area contributed by atoms with Crippen LogP contribution in [0.3, 0.4) is 0 Å². The Kier molecular flexibility index (Phi) is 2.63. The van der Waals surface area contributed by atoms with Gasteiger partial charge in [-0.1, -0.05) is 0 Å². The molecule has 0 saturated carbocycles. The van der Waals surface area contributed by atoms with E-state index in [1.807, 2.05) is 24.3 Å². The molecule has 1 aliphatic rings.